The zero-order valence-corrected chi connectivity index (χ0v) is 12.8. The first-order chi connectivity index (χ1) is 9.00. The molecule has 0 radical (unpaired) electrons. The van der Waals surface area contributed by atoms with E-state index in [1.165, 1.54) is 0 Å². The molecule has 0 spiro atoms. The molecule has 1 saturated heterocycles. The highest BCUT2D eigenvalue weighted by Gasteiger charge is 2.27. The number of halogens is 1. The third kappa shape index (κ3) is 3.06. The van der Waals surface area contributed by atoms with Crippen LogP contribution in [0.1, 0.15) is 12.8 Å². The number of benzene rings is 1. The fourth-order valence-corrected chi connectivity index (χ4v) is 3.06. The third-order valence-corrected chi connectivity index (χ3v) is 4.32. The summed E-state index contributed by atoms with van der Waals surface area (Å²) in [7, 11) is 4.17. The number of hydrogen-bond donors (Lipinski definition) is 0. The molecule has 0 saturated carbocycles. The number of rotatable bonds is 3. The predicted molar refractivity (Wildman–Crippen MR) is 79.7 cm³/mol. The van der Waals surface area contributed by atoms with Crippen LogP contribution < -0.4 is 4.90 Å². The topological polar surface area (TPSA) is 49.6 Å². The Morgan fingerprint density at radius 3 is 2.53 bits per heavy atom. The molecule has 104 valence electrons. The van der Waals surface area contributed by atoms with Crippen molar-refractivity contribution in [3.05, 3.63) is 32.8 Å². The first-order valence-corrected chi connectivity index (χ1v) is 7.14. The zero-order chi connectivity index (χ0) is 14.0. The van der Waals surface area contributed by atoms with E-state index < -0.39 is 0 Å². The minimum absolute atomic E-state index is 0.172. The van der Waals surface area contributed by atoms with Crippen molar-refractivity contribution >= 4 is 27.3 Å². The number of hydrogen-bond acceptors (Lipinski definition) is 4. The molecule has 0 atom stereocenters. The molecule has 1 aromatic rings. The van der Waals surface area contributed by atoms with Crippen molar-refractivity contribution in [2.45, 2.75) is 18.9 Å². The summed E-state index contributed by atoms with van der Waals surface area (Å²) >= 11 is 3.27. The number of anilines is 1. The molecule has 0 amide bonds. The molecule has 1 heterocycles. The number of nitro benzene ring substituents is 1. The Bertz CT molecular complexity index is 471. The molecular formula is C13H18BrN3O2. The first kappa shape index (κ1) is 14.3. The highest BCUT2D eigenvalue weighted by Crippen LogP contribution is 2.36. The quantitative estimate of drug-likeness (QED) is 0.632. The second-order valence-electron chi connectivity index (χ2n) is 5.05. The van der Waals surface area contributed by atoms with Crippen molar-refractivity contribution in [1.82, 2.24) is 4.90 Å². The van der Waals surface area contributed by atoms with Crippen LogP contribution in [-0.2, 0) is 0 Å². The summed E-state index contributed by atoms with van der Waals surface area (Å²) < 4.78 is 0.546. The van der Waals surface area contributed by atoms with Crippen LogP contribution in [0.5, 0.6) is 0 Å². The monoisotopic (exact) mass is 327 g/mol. The molecule has 5 nitrogen and oxygen atoms in total. The van der Waals surface area contributed by atoms with Gasteiger partial charge in [0.1, 0.15) is 5.69 Å². The van der Waals surface area contributed by atoms with Gasteiger partial charge in [-0.25, -0.2) is 0 Å². The molecule has 1 aliphatic rings. The predicted octanol–water partition coefficient (Wildman–Crippen LogP) is 2.89. The Balaban J connectivity index is 2.20. The van der Waals surface area contributed by atoms with Crippen LogP contribution in [0.3, 0.4) is 0 Å². The molecule has 19 heavy (non-hydrogen) atoms. The van der Waals surface area contributed by atoms with Gasteiger partial charge >= 0.3 is 5.69 Å². The van der Waals surface area contributed by atoms with E-state index in [-0.39, 0.29) is 10.6 Å². The van der Waals surface area contributed by atoms with Gasteiger partial charge in [-0.2, -0.15) is 0 Å². The van der Waals surface area contributed by atoms with Gasteiger partial charge in [-0.1, -0.05) is 6.07 Å². The number of nitro groups is 1. The molecule has 0 bridgehead atoms. The average Bonchev–Trinajstić information content (AvgIpc) is 2.38. The molecule has 0 aromatic heterocycles. The second kappa shape index (κ2) is 5.88. The van der Waals surface area contributed by atoms with Crippen molar-refractivity contribution in [2.24, 2.45) is 0 Å². The van der Waals surface area contributed by atoms with Crippen LogP contribution in [-0.4, -0.2) is 43.0 Å². The molecule has 2 rings (SSSR count). The van der Waals surface area contributed by atoms with Crippen molar-refractivity contribution in [3.8, 4) is 0 Å². The highest BCUT2D eigenvalue weighted by molar-refractivity contribution is 9.10. The lowest BCUT2D eigenvalue weighted by Crippen LogP contribution is -2.42. The van der Waals surface area contributed by atoms with E-state index in [4.69, 9.17) is 0 Å². The molecule has 1 fully saturated rings. The highest BCUT2D eigenvalue weighted by atomic mass is 79.9. The fraction of sp³-hybridized carbons (Fsp3) is 0.538. The van der Waals surface area contributed by atoms with E-state index in [9.17, 15) is 10.1 Å². The summed E-state index contributed by atoms with van der Waals surface area (Å²) in [5.74, 6) is 0. The van der Waals surface area contributed by atoms with E-state index in [2.05, 4.69) is 39.8 Å². The number of para-hydroxylation sites is 1. The fourth-order valence-electron chi connectivity index (χ4n) is 2.56. The normalized spacial score (nSPS) is 16.9. The van der Waals surface area contributed by atoms with Gasteiger partial charge in [-0.15, -0.1) is 0 Å². The van der Waals surface area contributed by atoms with Crippen LogP contribution in [0.4, 0.5) is 11.4 Å². The minimum Gasteiger partial charge on any atom is -0.366 e. The Kier molecular flexibility index (Phi) is 4.42. The number of nitrogens with zero attached hydrogens (tertiary/aromatic N) is 3. The van der Waals surface area contributed by atoms with Gasteiger partial charge in [-0.3, -0.25) is 10.1 Å². The summed E-state index contributed by atoms with van der Waals surface area (Å²) in [5.41, 5.74) is 0.891. The van der Waals surface area contributed by atoms with Crippen molar-refractivity contribution < 1.29 is 4.92 Å². The van der Waals surface area contributed by atoms with E-state index in [0.29, 0.717) is 10.5 Å². The summed E-state index contributed by atoms with van der Waals surface area (Å²) in [4.78, 5) is 15.2. The molecule has 0 N–H and O–H groups in total. The first-order valence-electron chi connectivity index (χ1n) is 6.35. The molecule has 6 heteroatoms. The number of piperidine rings is 1. The summed E-state index contributed by atoms with van der Waals surface area (Å²) in [5, 5.41) is 11.2. The molecule has 1 aromatic carbocycles. The standard InChI is InChI=1S/C13H18BrN3O2/c1-15(2)10-6-8-16(9-7-10)12-5-3-4-11(14)13(12)17(18)19/h3-5,10H,6-9H2,1-2H3. The van der Waals surface area contributed by atoms with Crippen LogP contribution in [0.15, 0.2) is 22.7 Å². The lowest BCUT2D eigenvalue weighted by Gasteiger charge is -2.36. The van der Waals surface area contributed by atoms with Gasteiger partial charge in [0.25, 0.3) is 0 Å². The summed E-state index contributed by atoms with van der Waals surface area (Å²) in [6.45, 7) is 1.72. The second-order valence-corrected chi connectivity index (χ2v) is 5.90. The van der Waals surface area contributed by atoms with Gasteiger partial charge in [0.15, 0.2) is 0 Å². The average molecular weight is 328 g/mol. The lowest BCUT2D eigenvalue weighted by molar-refractivity contribution is -0.384. The van der Waals surface area contributed by atoms with E-state index >= 15 is 0 Å². The van der Waals surface area contributed by atoms with E-state index in [1.54, 1.807) is 6.07 Å². The largest absolute Gasteiger partial charge is 0.366 e. The van der Waals surface area contributed by atoms with Crippen LogP contribution in [0.2, 0.25) is 0 Å². The van der Waals surface area contributed by atoms with Gasteiger partial charge in [0.05, 0.1) is 9.40 Å². The van der Waals surface area contributed by atoms with Crippen LogP contribution in [0, 0.1) is 10.1 Å². The Labute approximate surface area is 121 Å². The van der Waals surface area contributed by atoms with Gasteiger partial charge in [-0.05, 0) is 55.0 Å². The summed E-state index contributed by atoms with van der Waals surface area (Å²) in [6, 6.07) is 5.97. The molecular weight excluding hydrogens is 310 g/mol. The van der Waals surface area contributed by atoms with E-state index in [0.717, 1.165) is 31.6 Å². The third-order valence-electron chi connectivity index (χ3n) is 3.68. The Hall–Kier alpha value is -1.14. The SMILES string of the molecule is CN(C)C1CCN(c2cccc(Br)c2[N+](=O)[O-])CC1. The molecule has 0 aliphatic carbocycles. The maximum Gasteiger partial charge on any atom is 0.306 e. The minimum atomic E-state index is -0.308. The maximum atomic E-state index is 11.2. The van der Waals surface area contributed by atoms with Crippen molar-refractivity contribution in [1.29, 1.82) is 0 Å². The summed E-state index contributed by atoms with van der Waals surface area (Å²) in [6.07, 6.45) is 2.08. The smallest absolute Gasteiger partial charge is 0.306 e. The van der Waals surface area contributed by atoms with Gasteiger partial charge in [0.2, 0.25) is 0 Å². The maximum absolute atomic E-state index is 11.2. The molecule has 0 unspecified atom stereocenters. The van der Waals surface area contributed by atoms with Crippen LogP contribution >= 0.6 is 15.9 Å². The lowest BCUT2D eigenvalue weighted by atomic mass is 10.0. The van der Waals surface area contributed by atoms with Gasteiger partial charge in [0, 0.05) is 19.1 Å². The van der Waals surface area contributed by atoms with Crippen molar-refractivity contribution in [2.75, 3.05) is 32.1 Å². The van der Waals surface area contributed by atoms with Crippen molar-refractivity contribution in [3.63, 3.8) is 0 Å². The van der Waals surface area contributed by atoms with Crippen LogP contribution in [0.25, 0.3) is 0 Å². The van der Waals surface area contributed by atoms with E-state index in [1.807, 2.05) is 12.1 Å². The zero-order valence-electron chi connectivity index (χ0n) is 11.2. The molecule has 1 aliphatic heterocycles. The Morgan fingerprint density at radius 2 is 2.00 bits per heavy atom. The Morgan fingerprint density at radius 1 is 1.37 bits per heavy atom. The van der Waals surface area contributed by atoms with Gasteiger partial charge < -0.3 is 9.80 Å².